The Labute approximate surface area is 211 Å². The number of thioether (sulfide) groups is 1. The van der Waals surface area contributed by atoms with E-state index < -0.39 is 0 Å². The summed E-state index contributed by atoms with van der Waals surface area (Å²) in [6, 6.07) is 8.70. The molecule has 2 unspecified atom stereocenters. The molecule has 1 aromatic carbocycles. The van der Waals surface area contributed by atoms with Crippen molar-refractivity contribution in [1.29, 1.82) is 0 Å². The number of hydrogen-bond acceptors (Lipinski definition) is 1. The van der Waals surface area contributed by atoms with Gasteiger partial charge in [-0.15, -0.1) is 0 Å². The van der Waals surface area contributed by atoms with Gasteiger partial charge in [0.25, 0.3) is 0 Å². The zero-order valence-electron chi connectivity index (χ0n) is 22.8. The highest BCUT2D eigenvalue weighted by Gasteiger charge is 2.13. The van der Waals surface area contributed by atoms with Crippen molar-refractivity contribution in [2.75, 3.05) is 5.75 Å². The van der Waals surface area contributed by atoms with Gasteiger partial charge in [0.1, 0.15) is 0 Å². The van der Waals surface area contributed by atoms with Crippen LogP contribution in [0.2, 0.25) is 0 Å². The number of hydrogen-bond donors (Lipinski definition) is 0. The molecule has 0 amide bonds. The molecule has 186 valence electrons. The number of allylic oxidation sites excluding steroid dienone is 3. The lowest BCUT2D eigenvalue weighted by molar-refractivity contribution is 0.525. The fourth-order valence-electron chi connectivity index (χ4n) is 3.32. The van der Waals surface area contributed by atoms with Crippen LogP contribution in [-0.4, -0.2) is 11.0 Å². The molecule has 1 rings (SSSR count). The highest BCUT2D eigenvalue weighted by molar-refractivity contribution is 8.00. The lowest BCUT2D eigenvalue weighted by atomic mass is 9.89. The Hall–Kier alpha value is -1.47. The van der Waals surface area contributed by atoms with Gasteiger partial charge in [-0.05, 0) is 79.6 Å². The summed E-state index contributed by atoms with van der Waals surface area (Å²) in [6.07, 6.45) is 10.3. The monoisotopic (exact) mass is 468 g/mol. The Balaban J connectivity index is 0.00000150. The molecule has 0 aliphatic rings. The molecule has 2 atom stereocenters. The standard InChI is InChI=1S/C26H40S.C6H12/c1-8-20(4)15-16-22(6)25-13-11-12-14-26(25)23(7)17-18-24(10-3)27-19-21(5)9-2;1-4-6(3)5-2/h11-14,20,24H,5-10,15-19H2,1-4H3;3-5H2,1-2H3. The minimum absolute atomic E-state index is 0.686. The van der Waals surface area contributed by atoms with Crippen LogP contribution in [-0.2, 0) is 0 Å². The first-order valence-corrected chi connectivity index (χ1v) is 14.2. The summed E-state index contributed by atoms with van der Waals surface area (Å²) in [5.41, 5.74) is 7.79. The Kier molecular flexibility index (Phi) is 18.1. The van der Waals surface area contributed by atoms with Gasteiger partial charge in [-0.2, -0.15) is 11.8 Å². The minimum atomic E-state index is 0.686. The molecule has 0 aliphatic heterocycles. The van der Waals surface area contributed by atoms with Gasteiger partial charge in [0.15, 0.2) is 0 Å². The normalized spacial score (nSPS) is 12.3. The lowest BCUT2D eigenvalue weighted by Crippen LogP contribution is -2.04. The smallest absolute Gasteiger partial charge is 0.0143 e. The molecule has 33 heavy (non-hydrogen) atoms. The van der Waals surface area contributed by atoms with E-state index in [0.717, 1.165) is 43.8 Å². The predicted molar refractivity (Wildman–Crippen MR) is 158 cm³/mol. The predicted octanol–water partition coefficient (Wildman–Crippen LogP) is 11.2. The van der Waals surface area contributed by atoms with Gasteiger partial charge in [-0.1, -0.05) is 110 Å². The maximum Gasteiger partial charge on any atom is 0.0143 e. The quantitative estimate of drug-likeness (QED) is 0.217. The average molecular weight is 469 g/mol. The summed E-state index contributed by atoms with van der Waals surface area (Å²) < 4.78 is 0. The lowest BCUT2D eigenvalue weighted by Gasteiger charge is -2.18. The molecule has 0 spiro atoms. The molecule has 0 bridgehead atoms. The van der Waals surface area contributed by atoms with Crippen molar-refractivity contribution in [3.63, 3.8) is 0 Å². The molecule has 0 saturated heterocycles. The van der Waals surface area contributed by atoms with E-state index in [1.165, 1.54) is 59.1 Å². The van der Waals surface area contributed by atoms with Crippen LogP contribution in [0.4, 0.5) is 0 Å². The molecule has 0 aliphatic carbocycles. The molecular weight excluding hydrogens is 416 g/mol. The molecule has 0 heterocycles. The second kappa shape index (κ2) is 18.9. The molecule has 0 radical (unpaired) electrons. The van der Waals surface area contributed by atoms with Gasteiger partial charge in [0, 0.05) is 11.0 Å². The van der Waals surface area contributed by atoms with Crippen molar-refractivity contribution in [3.8, 4) is 0 Å². The van der Waals surface area contributed by atoms with Crippen molar-refractivity contribution in [2.24, 2.45) is 5.92 Å². The maximum atomic E-state index is 4.43. The summed E-state index contributed by atoms with van der Waals surface area (Å²) in [4.78, 5) is 0. The van der Waals surface area contributed by atoms with Gasteiger partial charge in [-0.3, -0.25) is 0 Å². The molecule has 0 fully saturated rings. The SMILES string of the molecule is C=C(CC)CC.C=C(CC)CSC(CC)CCC(=C)c1ccccc1C(=C)CCC(C)CC. The van der Waals surface area contributed by atoms with Crippen LogP contribution in [0.25, 0.3) is 11.1 Å². The van der Waals surface area contributed by atoms with E-state index in [1.54, 1.807) is 0 Å². The van der Waals surface area contributed by atoms with Crippen LogP contribution in [0, 0.1) is 5.92 Å². The van der Waals surface area contributed by atoms with E-state index in [4.69, 9.17) is 0 Å². The van der Waals surface area contributed by atoms with E-state index in [0.29, 0.717) is 5.25 Å². The summed E-state index contributed by atoms with van der Waals surface area (Å²) in [5.74, 6) is 1.85. The summed E-state index contributed by atoms with van der Waals surface area (Å²) in [6.45, 7) is 30.1. The van der Waals surface area contributed by atoms with E-state index in [1.807, 2.05) is 0 Å². The molecule has 0 saturated carbocycles. The molecule has 1 heteroatoms. The third-order valence-corrected chi connectivity index (χ3v) is 8.19. The first kappa shape index (κ1) is 31.5. The third kappa shape index (κ3) is 13.7. The highest BCUT2D eigenvalue weighted by atomic mass is 32.2. The Morgan fingerprint density at radius 3 is 1.61 bits per heavy atom. The molecule has 0 aromatic heterocycles. The van der Waals surface area contributed by atoms with Crippen molar-refractivity contribution < 1.29 is 0 Å². The van der Waals surface area contributed by atoms with Crippen molar-refractivity contribution in [2.45, 2.75) is 105 Å². The third-order valence-electron chi connectivity index (χ3n) is 6.57. The van der Waals surface area contributed by atoms with Crippen LogP contribution >= 0.6 is 11.8 Å². The van der Waals surface area contributed by atoms with Crippen LogP contribution in [0.5, 0.6) is 0 Å². The fraction of sp³-hybridized carbons (Fsp3) is 0.562. The number of benzene rings is 1. The van der Waals surface area contributed by atoms with Gasteiger partial charge in [-0.25, -0.2) is 0 Å². The van der Waals surface area contributed by atoms with Gasteiger partial charge < -0.3 is 0 Å². The van der Waals surface area contributed by atoms with Crippen molar-refractivity contribution in [3.05, 3.63) is 72.9 Å². The van der Waals surface area contributed by atoms with Crippen LogP contribution in [0.1, 0.15) is 110 Å². The summed E-state index contributed by atoms with van der Waals surface area (Å²) in [7, 11) is 0. The minimum Gasteiger partial charge on any atom is -0.154 e. The van der Waals surface area contributed by atoms with Gasteiger partial charge in [0.05, 0.1) is 0 Å². The molecule has 1 aromatic rings. The second-order valence-corrected chi connectivity index (χ2v) is 10.5. The van der Waals surface area contributed by atoms with Gasteiger partial charge in [0.2, 0.25) is 0 Å². The van der Waals surface area contributed by atoms with E-state index in [-0.39, 0.29) is 0 Å². The van der Waals surface area contributed by atoms with E-state index in [9.17, 15) is 0 Å². The van der Waals surface area contributed by atoms with Crippen molar-refractivity contribution in [1.82, 2.24) is 0 Å². The van der Waals surface area contributed by atoms with Crippen molar-refractivity contribution >= 4 is 22.9 Å². The molecule has 0 nitrogen and oxygen atoms in total. The molecule has 0 N–H and O–H groups in total. The number of rotatable bonds is 16. The van der Waals surface area contributed by atoms with Crippen LogP contribution in [0.3, 0.4) is 0 Å². The first-order valence-electron chi connectivity index (χ1n) is 13.1. The topological polar surface area (TPSA) is 0 Å². The van der Waals surface area contributed by atoms with Crippen LogP contribution in [0.15, 0.2) is 61.7 Å². The van der Waals surface area contributed by atoms with E-state index in [2.05, 4.69) is 104 Å². The Bertz CT molecular complexity index is 718. The Morgan fingerprint density at radius 1 is 0.727 bits per heavy atom. The van der Waals surface area contributed by atoms with E-state index >= 15 is 0 Å². The average Bonchev–Trinajstić information content (AvgIpc) is 2.86. The Morgan fingerprint density at radius 2 is 1.21 bits per heavy atom. The summed E-state index contributed by atoms with van der Waals surface area (Å²) >= 11 is 2.06. The second-order valence-electron chi connectivity index (χ2n) is 9.25. The maximum absolute atomic E-state index is 4.43. The largest absolute Gasteiger partial charge is 0.154 e. The van der Waals surface area contributed by atoms with Gasteiger partial charge >= 0.3 is 0 Å². The first-order chi connectivity index (χ1) is 15.7. The zero-order chi connectivity index (χ0) is 25.2. The zero-order valence-corrected chi connectivity index (χ0v) is 23.6. The molecular formula is C32H52S. The highest BCUT2D eigenvalue weighted by Crippen LogP contribution is 2.32. The van der Waals surface area contributed by atoms with Crippen LogP contribution < -0.4 is 0 Å². The fourth-order valence-corrected chi connectivity index (χ4v) is 4.52. The summed E-state index contributed by atoms with van der Waals surface area (Å²) in [5, 5.41) is 0.686.